The number of hydrogen-bond acceptors (Lipinski definition) is 3. The van der Waals surface area contributed by atoms with Crippen LogP contribution >= 0.6 is 23.5 Å². The first-order valence-corrected chi connectivity index (χ1v) is 8.04. The maximum atomic E-state index is 5.20. The van der Waals surface area contributed by atoms with E-state index in [1.165, 1.54) is 10.5 Å². The zero-order valence-corrected chi connectivity index (χ0v) is 12.0. The standard InChI is InChI=1S/C14H19NS2/c1-4-10-17-11-9-15-12(2)13-5-7-14(16-3)8-6-13/h1,5-8,12,15H,9-11H2,2-3H3. The van der Waals surface area contributed by atoms with Crippen molar-refractivity contribution in [2.24, 2.45) is 0 Å². The maximum Gasteiger partial charge on any atom is 0.0545 e. The third kappa shape index (κ3) is 5.54. The molecular weight excluding hydrogens is 246 g/mol. The van der Waals surface area contributed by atoms with E-state index in [9.17, 15) is 0 Å². The Morgan fingerprint density at radius 3 is 2.65 bits per heavy atom. The van der Waals surface area contributed by atoms with Crippen molar-refractivity contribution in [1.29, 1.82) is 0 Å². The first-order chi connectivity index (χ1) is 8.27. The van der Waals surface area contributed by atoms with Gasteiger partial charge in [-0.1, -0.05) is 18.1 Å². The zero-order chi connectivity index (χ0) is 12.5. The number of terminal acetylenes is 1. The second-order valence-electron chi connectivity index (χ2n) is 3.71. The van der Waals surface area contributed by atoms with Crippen molar-refractivity contribution in [3.63, 3.8) is 0 Å². The predicted octanol–water partition coefficient (Wildman–Crippen LogP) is 3.43. The van der Waals surface area contributed by atoms with Crippen LogP contribution < -0.4 is 5.32 Å². The molecule has 0 amide bonds. The monoisotopic (exact) mass is 265 g/mol. The van der Waals surface area contributed by atoms with Gasteiger partial charge in [-0.25, -0.2) is 0 Å². The minimum Gasteiger partial charge on any atom is -0.309 e. The molecule has 1 N–H and O–H groups in total. The van der Waals surface area contributed by atoms with E-state index in [0.29, 0.717) is 6.04 Å². The van der Waals surface area contributed by atoms with Crippen LogP contribution in [-0.4, -0.2) is 24.3 Å². The summed E-state index contributed by atoms with van der Waals surface area (Å²) < 4.78 is 0. The van der Waals surface area contributed by atoms with Crippen molar-refractivity contribution in [2.45, 2.75) is 17.9 Å². The van der Waals surface area contributed by atoms with Gasteiger partial charge in [-0.2, -0.15) is 0 Å². The Bertz CT molecular complexity index is 353. The molecule has 0 bridgehead atoms. The summed E-state index contributed by atoms with van der Waals surface area (Å²) in [7, 11) is 0. The Labute approximate surface area is 113 Å². The van der Waals surface area contributed by atoms with Gasteiger partial charge < -0.3 is 5.32 Å². The van der Waals surface area contributed by atoms with Crippen molar-refractivity contribution in [1.82, 2.24) is 5.32 Å². The molecule has 1 rings (SSSR count). The van der Waals surface area contributed by atoms with Crippen molar-refractivity contribution >= 4 is 23.5 Å². The molecule has 0 aliphatic rings. The van der Waals surface area contributed by atoms with Gasteiger partial charge in [0.2, 0.25) is 0 Å². The summed E-state index contributed by atoms with van der Waals surface area (Å²) in [5.74, 6) is 4.50. The lowest BCUT2D eigenvalue weighted by atomic mass is 10.1. The Balaban J connectivity index is 2.31. The van der Waals surface area contributed by atoms with Crippen LogP contribution in [-0.2, 0) is 0 Å². The first-order valence-electron chi connectivity index (χ1n) is 5.66. The number of rotatable bonds is 7. The molecule has 0 aliphatic heterocycles. The lowest BCUT2D eigenvalue weighted by Crippen LogP contribution is -2.21. The van der Waals surface area contributed by atoms with Gasteiger partial charge in [0.15, 0.2) is 0 Å². The lowest BCUT2D eigenvalue weighted by Gasteiger charge is -2.14. The van der Waals surface area contributed by atoms with Gasteiger partial charge in [0.1, 0.15) is 0 Å². The molecule has 0 aliphatic carbocycles. The average molecular weight is 265 g/mol. The molecule has 92 valence electrons. The summed E-state index contributed by atoms with van der Waals surface area (Å²) in [6.07, 6.45) is 7.29. The normalized spacial score (nSPS) is 12.1. The molecule has 0 radical (unpaired) electrons. The van der Waals surface area contributed by atoms with E-state index in [1.54, 1.807) is 23.5 Å². The molecular formula is C14H19NS2. The molecule has 3 heteroatoms. The van der Waals surface area contributed by atoms with Crippen LogP contribution in [0.3, 0.4) is 0 Å². The fraction of sp³-hybridized carbons (Fsp3) is 0.429. The molecule has 0 heterocycles. The van der Waals surface area contributed by atoms with Gasteiger partial charge in [-0.05, 0) is 30.9 Å². The number of hydrogen-bond donors (Lipinski definition) is 1. The van der Waals surface area contributed by atoms with E-state index >= 15 is 0 Å². The SMILES string of the molecule is C#CCSCCNC(C)c1ccc(SC)cc1. The fourth-order valence-electron chi connectivity index (χ4n) is 1.49. The Morgan fingerprint density at radius 1 is 1.35 bits per heavy atom. The molecule has 0 aromatic heterocycles. The van der Waals surface area contributed by atoms with Crippen LogP contribution in [0.25, 0.3) is 0 Å². The molecule has 1 unspecified atom stereocenters. The van der Waals surface area contributed by atoms with E-state index < -0.39 is 0 Å². The topological polar surface area (TPSA) is 12.0 Å². The Kier molecular flexibility index (Phi) is 7.27. The molecule has 0 saturated heterocycles. The third-order valence-corrected chi connectivity index (χ3v) is 4.11. The molecule has 0 spiro atoms. The largest absolute Gasteiger partial charge is 0.309 e. The summed E-state index contributed by atoms with van der Waals surface area (Å²) in [5, 5.41) is 3.50. The van der Waals surface area contributed by atoms with Gasteiger partial charge in [0.05, 0.1) is 5.75 Å². The van der Waals surface area contributed by atoms with Crippen LogP contribution in [0.1, 0.15) is 18.5 Å². The molecule has 17 heavy (non-hydrogen) atoms. The third-order valence-electron chi connectivity index (χ3n) is 2.50. The fourth-order valence-corrected chi connectivity index (χ4v) is 2.42. The van der Waals surface area contributed by atoms with Crippen LogP contribution in [0.2, 0.25) is 0 Å². The van der Waals surface area contributed by atoms with E-state index in [0.717, 1.165) is 18.1 Å². The smallest absolute Gasteiger partial charge is 0.0545 e. The van der Waals surface area contributed by atoms with Gasteiger partial charge in [0.25, 0.3) is 0 Å². The summed E-state index contributed by atoms with van der Waals surface area (Å²) in [4.78, 5) is 1.31. The summed E-state index contributed by atoms with van der Waals surface area (Å²) in [6.45, 7) is 3.19. The van der Waals surface area contributed by atoms with Gasteiger partial charge in [0, 0.05) is 23.2 Å². The Morgan fingerprint density at radius 2 is 2.06 bits per heavy atom. The molecule has 0 saturated carbocycles. The van der Waals surface area contributed by atoms with Gasteiger partial charge in [-0.3, -0.25) is 0 Å². The highest BCUT2D eigenvalue weighted by atomic mass is 32.2. The van der Waals surface area contributed by atoms with E-state index in [4.69, 9.17) is 6.42 Å². The second-order valence-corrected chi connectivity index (χ2v) is 5.69. The minimum atomic E-state index is 0.400. The predicted molar refractivity (Wildman–Crippen MR) is 80.8 cm³/mol. The van der Waals surface area contributed by atoms with Gasteiger partial charge in [-0.15, -0.1) is 29.9 Å². The maximum absolute atomic E-state index is 5.20. The van der Waals surface area contributed by atoms with E-state index in [1.807, 2.05) is 0 Å². The molecule has 0 fully saturated rings. The van der Waals surface area contributed by atoms with Crippen LogP contribution in [0, 0.1) is 12.3 Å². The van der Waals surface area contributed by atoms with Crippen molar-refractivity contribution in [3.05, 3.63) is 29.8 Å². The molecule has 1 nitrogen and oxygen atoms in total. The van der Waals surface area contributed by atoms with Crippen molar-refractivity contribution in [2.75, 3.05) is 24.3 Å². The Hall–Kier alpha value is -0.560. The van der Waals surface area contributed by atoms with Gasteiger partial charge >= 0.3 is 0 Å². The first kappa shape index (κ1) is 14.5. The molecule has 1 aromatic carbocycles. The molecule has 1 aromatic rings. The van der Waals surface area contributed by atoms with Crippen molar-refractivity contribution < 1.29 is 0 Å². The highest BCUT2D eigenvalue weighted by Crippen LogP contribution is 2.18. The highest BCUT2D eigenvalue weighted by Gasteiger charge is 2.03. The summed E-state index contributed by atoms with van der Waals surface area (Å²) >= 11 is 3.57. The van der Waals surface area contributed by atoms with Crippen molar-refractivity contribution in [3.8, 4) is 12.3 Å². The summed E-state index contributed by atoms with van der Waals surface area (Å²) in [5.41, 5.74) is 1.34. The second kappa shape index (κ2) is 8.52. The van der Waals surface area contributed by atoms with Crippen LogP contribution in [0.15, 0.2) is 29.2 Å². The number of nitrogens with one attached hydrogen (secondary N) is 1. The van der Waals surface area contributed by atoms with E-state index in [-0.39, 0.29) is 0 Å². The molecule has 1 atom stereocenters. The average Bonchev–Trinajstić information content (AvgIpc) is 2.38. The number of thioether (sulfide) groups is 2. The lowest BCUT2D eigenvalue weighted by molar-refractivity contribution is 0.601. The van der Waals surface area contributed by atoms with E-state index in [2.05, 4.69) is 48.7 Å². The quantitative estimate of drug-likeness (QED) is 0.461. The zero-order valence-electron chi connectivity index (χ0n) is 10.4. The summed E-state index contributed by atoms with van der Waals surface area (Å²) in [6, 6.07) is 9.13. The number of benzene rings is 1. The highest BCUT2D eigenvalue weighted by molar-refractivity contribution is 7.99. The van der Waals surface area contributed by atoms with Crippen LogP contribution in [0.5, 0.6) is 0 Å². The minimum absolute atomic E-state index is 0.400. The van der Waals surface area contributed by atoms with Crippen LogP contribution in [0.4, 0.5) is 0 Å².